The average molecular weight is 1490 g/mol. The van der Waals surface area contributed by atoms with Gasteiger partial charge in [-0.05, 0) is 84.8 Å². The molecule has 2 rings (SSSR count). The molecule has 0 bridgehead atoms. The molecule has 0 atom stereocenters. The summed E-state index contributed by atoms with van der Waals surface area (Å²) in [6.45, 7) is 15.0. The average Bonchev–Trinajstić information content (AvgIpc) is 3.15. The van der Waals surface area contributed by atoms with Crippen LogP contribution in [-0.4, -0.2) is 30.7 Å². The molecule has 0 heterocycles. The van der Waals surface area contributed by atoms with Gasteiger partial charge in [-0.25, -0.2) is 26.3 Å². The first-order valence-electron chi connectivity index (χ1n) is 16.4. The van der Waals surface area contributed by atoms with Gasteiger partial charge in [0.1, 0.15) is 0 Å². The normalized spacial score (nSPS) is 9.33. The highest BCUT2D eigenvalue weighted by molar-refractivity contribution is 14.1. The van der Waals surface area contributed by atoms with Gasteiger partial charge in [0.2, 0.25) is 0 Å². The van der Waals surface area contributed by atoms with Crippen molar-refractivity contribution in [2.24, 2.45) is 0 Å². The molecular formula is C40H36BrF6I6N. The van der Waals surface area contributed by atoms with E-state index in [4.69, 9.17) is 0 Å². The van der Waals surface area contributed by atoms with Gasteiger partial charge in [0.05, 0.1) is 59.6 Å². The van der Waals surface area contributed by atoms with Crippen molar-refractivity contribution >= 4 is 136 Å². The van der Waals surface area contributed by atoms with Gasteiger partial charge in [-0.3, -0.25) is 0 Å². The number of nitrogens with zero attached hydrogens (tertiary/aromatic N) is 1. The lowest BCUT2D eigenvalue weighted by Gasteiger charge is -2.39. The summed E-state index contributed by atoms with van der Waals surface area (Å²) in [5.74, 6) is 6.89. The van der Waals surface area contributed by atoms with Gasteiger partial charge in [0, 0.05) is 136 Å². The molecule has 292 valence electrons. The van der Waals surface area contributed by atoms with Gasteiger partial charge >= 0.3 is 0 Å². The van der Waals surface area contributed by atoms with Crippen LogP contribution >= 0.6 is 136 Å². The molecule has 0 aliphatic rings. The quantitative estimate of drug-likeness (QED) is 0.0860. The molecule has 1 nitrogen and oxygen atoms in total. The molecule has 2 aromatic rings. The second-order valence-electron chi connectivity index (χ2n) is 11.1. The zero-order chi connectivity index (χ0) is 40.4. The lowest BCUT2D eigenvalue weighted by Crippen LogP contribution is -3.00. The molecule has 0 saturated carbocycles. The van der Waals surface area contributed by atoms with Crippen LogP contribution in [0.5, 0.6) is 0 Å². The minimum absolute atomic E-state index is 0. The minimum Gasteiger partial charge on any atom is -1.00 e. The molecule has 2 aromatic carbocycles. The van der Waals surface area contributed by atoms with Gasteiger partial charge < -0.3 is 21.5 Å². The number of hydrogen-bond acceptors (Lipinski definition) is 0. The third-order valence-corrected chi connectivity index (χ3v) is 9.23. The van der Waals surface area contributed by atoms with E-state index in [-0.39, 0.29) is 17.0 Å². The molecule has 0 saturated heterocycles. The fourth-order valence-electron chi connectivity index (χ4n) is 4.91. The maximum atomic E-state index is 13.8. The van der Waals surface area contributed by atoms with Crippen molar-refractivity contribution in [3.8, 4) is 59.1 Å². The Kier molecular flexibility index (Phi) is 34.5. The van der Waals surface area contributed by atoms with Gasteiger partial charge in [-0.1, -0.05) is 53.4 Å². The fourth-order valence-corrected chi connectivity index (χ4v) is 6.53. The van der Waals surface area contributed by atoms with E-state index in [0.29, 0.717) is 0 Å². The van der Waals surface area contributed by atoms with Crippen LogP contribution in [-0.2, 0) is 0 Å². The summed E-state index contributed by atoms with van der Waals surface area (Å²) in [7, 11) is 0. The minimum atomic E-state index is -1.10. The topological polar surface area (TPSA) is 0 Å². The zero-order valence-corrected chi connectivity index (χ0v) is 44.4. The maximum Gasteiger partial charge on any atom is 0.160 e. The van der Waals surface area contributed by atoms with E-state index >= 15 is 0 Å². The zero-order valence-electron chi connectivity index (χ0n) is 29.8. The van der Waals surface area contributed by atoms with Crippen molar-refractivity contribution in [1.82, 2.24) is 0 Å². The first-order valence-corrected chi connectivity index (χ1v) is 22.8. The SMILES string of the molecule is CCCC[N+](CCCC)(CCCC)CCCC.Fc1c(C#CI)c(F)c(C#CI)c(F)c1C#CI.Fc1c(C#CI)c(F)c(C#CI)c(F)c1C#CI.[Br-]. The predicted octanol–water partition coefficient (Wildman–Crippen LogP) is 10.7. The Hall–Kier alpha value is 0.200. The Labute approximate surface area is 410 Å². The molecule has 0 spiro atoms. The van der Waals surface area contributed by atoms with Crippen molar-refractivity contribution in [2.75, 3.05) is 26.2 Å². The molecular weight excluding hydrogens is 1450 g/mol. The summed E-state index contributed by atoms with van der Waals surface area (Å²) in [6.07, 6.45) is 11.1. The van der Waals surface area contributed by atoms with Crippen LogP contribution in [0.1, 0.15) is 112 Å². The summed E-state index contributed by atoms with van der Waals surface area (Å²) in [4.78, 5) is 0. The number of hydrogen-bond donors (Lipinski definition) is 0. The van der Waals surface area contributed by atoms with Crippen molar-refractivity contribution in [3.05, 3.63) is 68.3 Å². The molecule has 0 unspecified atom stereocenters. The van der Waals surface area contributed by atoms with Crippen molar-refractivity contribution in [2.45, 2.75) is 79.1 Å². The Morgan fingerprint density at radius 3 is 0.611 bits per heavy atom. The molecule has 0 amide bonds. The molecule has 54 heavy (non-hydrogen) atoms. The first-order chi connectivity index (χ1) is 25.4. The lowest BCUT2D eigenvalue weighted by molar-refractivity contribution is -0.929. The number of rotatable bonds is 12. The summed E-state index contributed by atoms with van der Waals surface area (Å²) in [6, 6.07) is 0. The number of halogens is 13. The summed E-state index contributed by atoms with van der Waals surface area (Å²) >= 11 is 9.82. The third kappa shape index (κ3) is 18.4. The number of unbranched alkanes of at least 4 members (excludes halogenated alkanes) is 4. The van der Waals surface area contributed by atoms with Crippen molar-refractivity contribution < 1.29 is 47.8 Å². The van der Waals surface area contributed by atoms with E-state index in [1.54, 1.807) is 136 Å². The maximum absolute atomic E-state index is 13.8. The highest BCUT2D eigenvalue weighted by Crippen LogP contribution is 2.26. The third-order valence-electron chi connectivity index (χ3n) is 7.61. The Morgan fingerprint density at radius 1 is 0.352 bits per heavy atom. The highest BCUT2D eigenvalue weighted by Gasteiger charge is 2.25. The van der Waals surface area contributed by atoms with Gasteiger partial charge in [0.15, 0.2) is 34.9 Å². The largest absolute Gasteiger partial charge is 1.00 e. The number of benzene rings is 2. The van der Waals surface area contributed by atoms with Crippen LogP contribution in [0.15, 0.2) is 0 Å². The monoisotopic (exact) mass is 1480 g/mol. The smallest absolute Gasteiger partial charge is 0.160 e. The second-order valence-corrected chi connectivity index (χ2v) is 14.3. The Bertz CT molecular complexity index is 1530. The van der Waals surface area contributed by atoms with Crippen molar-refractivity contribution in [1.29, 1.82) is 0 Å². The fraction of sp³-hybridized carbons (Fsp3) is 0.400. The molecule has 0 N–H and O–H groups in total. The summed E-state index contributed by atoms with van der Waals surface area (Å²) in [5, 5.41) is 0. The molecule has 0 radical (unpaired) electrons. The highest BCUT2D eigenvalue weighted by atomic mass is 127. The molecule has 14 heteroatoms. The van der Waals surface area contributed by atoms with Crippen LogP contribution in [0.2, 0.25) is 0 Å². The standard InChI is InChI=1S/C16H36N.2C12F3I3.BrH/c1-5-9-13-17(14-10-6-2,15-11-7-3)16-12-8-4;2*13-10-7(1-4-16)11(14)9(3-6-18)12(15)8(10)2-5-17;/h5-16H2,1-4H3;;;1H/q+1;;;/p-1. The molecule has 0 aliphatic carbocycles. The van der Waals surface area contributed by atoms with E-state index in [1.165, 1.54) is 82.0 Å². The van der Waals surface area contributed by atoms with E-state index < -0.39 is 68.3 Å². The van der Waals surface area contributed by atoms with Crippen LogP contribution < -0.4 is 17.0 Å². The van der Waals surface area contributed by atoms with Gasteiger partial charge in [-0.15, -0.1) is 0 Å². The van der Waals surface area contributed by atoms with Gasteiger partial charge in [-0.2, -0.15) is 0 Å². The predicted molar refractivity (Wildman–Crippen MR) is 257 cm³/mol. The summed E-state index contributed by atoms with van der Waals surface area (Å²) < 4.78 is 98.5. The molecule has 0 fully saturated rings. The van der Waals surface area contributed by atoms with Crippen LogP contribution in [0, 0.1) is 94.0 Å². The van der Waals surface area contributed by atoms with Crippen LogP contribution in [0.3, 0.4) is 0 Å². The molecule has 0 aliphatic heterocycles. The first kappa shape index (κ1) is 56.3. The van der Waals surface area contributed by atoms with E-state index in [2.05, 4.69) is 86.8 Å². The van der Waals surface area contributed by atoms with E-state index in [1.807, 2.05) is 0 Å². The number of quaternary nitrogens is 1. The Morgan fingerprint density at radius 2 is 0.500 bits per heavy atom. The van der Waals surface area contributed by atoms with E-state index in [9.17, 15) is 26.3 Å². The van der Waals surface area contributed by atoms with Crippen LogP contribution in [0.4, 0.5) is 26.3 Å². The Balaban J connectivity index is 0. The molecule has 0 aromatic heterocycles. The van der Waals surface area contributed by atoms with Crippen LogP contribution in [0.25, 0.3) is 0 Å². The van der Waals surface area contributed by atoms with E-state index in [0.717, 1.165) is 0 Å². The summed E-state index contributed by atoms with van der Waals surface area (Å²) in [5.41, 5.74) is -3.12. The lowest BCUT2D eigenvalue weighted by atomic mass is 10.0. The second kappa shape index (κ2) is 33.1. The van der Waals surface area contributed by atoms with Crippen molar-refractivity contribution in [3.63, 3.8) is 0 Å². The van der Waals surface area contributed by atoms with Gasteiger partial charge in [0.25, 0.3) is 0 Å².